The molecule has 2 aromatic carbocycles. The minimum atomic E-state index is -3.78. The van der Waals surface area contributed by atoms with Crippen LogP contribution in [0, 0.1) is 0 Å². The number of nitrogens with zero attached hydrogens (tertiary/aromatic N) is 1. The van der Waals surface area contributed by atoms with E-state index in [4.69, 9.17) is 0 Å². The van der Waals surface area contributed by atoms with Gasteiger partial charge in [0.25, 0.3) is 15.9 Å². The molecule has 1 heterocycles. The molecule has 1 atom stereocenters. The molecule has 1 unspecified atom stereocenters. The zero-order valence-electron chi connectivity index (χ0n) is 16.6. The van der Waals surface area contributed by atoms with Gasteiger partial charge in [0.15, 0.2) is 0 Å². The van der Waals surface area contributed by atoms with E-state index < -0.39 is 22.0 Å². The summed E-state index contributed by atoms with van der Waals surface area (Å²) in [6.45, 7) is 2.39. The van der Waals surface area contributed by atoms with E-state index in [1.165, 1.54) is 12.1 Å². The first-order valence-electron chi connectivity index (χ1n) is 9.72. The third-order valence-electron chi connectivity index (χ3n) is 4.60. The first-order valence-corrected chi connectivity index (χ1v) is 11.2. The number of benzene rings is 2. The summed E-state index contributed by atoms with van der Waals surface area (Å²) in [5.41, 5.74) is 0.779. The molecular formula is C21H24N4O4S. The van der Waals surface area contributed by atoms with E-state index in [2.05, 4.69) is 20.3 Å². The second kappa shape index (κ2) is 9.53. The second-order valence-electron chi connectivity index (χ2n) is 6.85. The normalized spacial score (nSPS) is 14.5. The van der Waals surface area contributed by atoms with Crippen LogP contribution in [0.15, 0.2) is 64.5 Å². The molecule has 158 valence electrons. The predicted molar refractivity (Wildman–Crippen MR) is 115 cm³/mol. The van der Waals surface area contributed by atoms with Crippen molar-refractivity contribution in [3.63, 3.8) is 0 Å². The summed E-state index contributed by atoms with van der Waals surface area (Å²) in [6, 6.07) is 13.8. The molecule has 0 aliphatic carbocycles. The summed E-state index contributed by atoms with van der Waals surface area (Å²) < 4.78 is 27.6. The highest BCUT2D eigenvalue weighted by molar-refractivity contribution is 7.90. The summed E-state index contributed by atoms with van der Waals surface area (Å²) in [7, 11) is -3.78. The number of carbonyl (C=O) groups excluding carboxylic acids is 2. The molecule has 1 aliphatic heterocycles. The van der Waals surface area contributed by atoms with Gasteiger partial charge in [0.1, 0.15) is 11.9 Å². The third kappa shape index (κ3) is 5.44. The number of aliphatic imine (C=N–C) groups is 1. The Kier molecular flexibility index (Phi) is 6.83. The third-order valence-corrected chi connectivity index (χ3v) is 5.98. The van der Waals surface area contributed by atoms with Crippen molar-refractivity contribution in [2.75, 3.05) is 11.9 Å². The summed E-state index contributed by atoms with van der Waals surface area (Å²) in [4.78, 5) is 29.1. The SMILES string of the molecule is CCC(NC(=O)c1ccccc1)C(=O)Nc1cccc(S(=O)(=O)NC2=NCCC2)c1. The van der Waals surface area contributed by atoms with Crippen LogP contribution in [-0.2, 0) is 14.8 Å². The number of hydrogen-bond donors (Lipinski definition) is 3. The van der Waals surface area contributed by atoms with E-state index in [1.54, 1.807) is 49.4 Å². The molecule has 0 bridgehead atoms. The van der Waals surface area contributed by atoms with Crippen molar-refractivity contribution >= 4 is 33.4 Å². The number of amides is 2. The minimum Gasteiger partial charge on any atom is -0.340 e. The van der Waals surface area contributed by atoms with Crippen LogP contribution in [-0.4, -0.2) is 38.7 Å². The van der Waals surface area contributed by atoms with Crippen molar-refractivity contribution in [2.24, 2.45) is 4.99 Å². The van der Waals surface area contributed by atoms with Crippen molar-refractivity contribution < 1.29 is 18.0 Å². The molecule has 9 heteroatoms. The van der Waals surface area contributed by atoms with Crippen LogP contribution < -0.4 is 15.4 Å². The van der Waals surface area contributed by atoms with Gasteiger partial charge >= 0.3 is 0 Å². The van der Waals surface area contributed by atoms with Crippen LogP contribution in [0.2, 0.25) is 0 Å². The molecule has 3 rings (SSSR count). The highest BCUT2D eigenvalue weighted by Gasteiger charge is 2.22. The number of carbonyl (C=O) groups is 2. The molecular weight excluding hydrogens is 404 g/mol. The molecule has 0 radical (unpaired) electrons. The molecule has 0 fully saturated rings. The van der Waals surface area contributed by atoms with E-state index in [1.807, 2.05) is 0 Å². The molecule has 30 heavy (non-hydrogen) atoms. The van der Waals surface area contributed by atoms with Gasteiger partial charge in [-0.25, -0.2) is 8.42 Å². The molecule has 0 spiro atoms. The fourth-order valence-corrected chi connectivity index (χ4v) is 4.13. The quantitative estimate of drug-likeness (QED) is 0.627. The van der Waals surface area contributed by atoms with Crippen molar-refractivity contribution in [1.82, 2.24) is 10.0 Å². The average molecular weight is 429 g/mol. The van der Waals surface area contributed by atoms with E-state index >= 15 is 0 Å². The summed E-state index contributed by atoms with van der Waals surface area (Å²) >= 11 is 0. The number of anilines is 1. The average Bonchev–Trinajstić information content (AvgIpc) is 3.25. The van der Waals surface area contributed by atoms with Gasteiger partial charge in [0, 0.05) is 24.2 Å². The fourth-order valence-electron chi connectivity index (χ4n) is 2.99. The topological polar surface area (TPSA) is 117 Å². The lowest BCUT2D eigenvalue weighted by Crippen LogP contribution is -2.43. The Morgan fingerprint density at radius 1 is 1.10 bits per heavy atom. The maximum absolute atomic E-state index is 12.6. The van der Waals surface area contributed by atoms with Crippen molar-refractivity contribution in [2.45, 2.75) is 37.1 Å². The van der Waals surface area contributed by atoms with Gasteiger partial charge in [0.2, 0.25) is 5.91 Å². The van der Waals surface area contributed by atoms with Gasteiger partial charge < -0.3 is 10.6 Å². The summed E-state index contributed by atoms with van der Waals surface area (Å²) in [5, 5.41) is 5.38. The highest BCUT2D eigenvalue weighted by Crippen LogP contribution is 2.17. The molecule has 1 aliphatic rings. The molecule has 0 saturated carbocycles. The number of nitrogens with one attached hydrogen (secondary N) is 3. The molecule has 3 N–H and O–H groups in total. The Morgan fingerprint density at radius 2 is 1.87 bits per heavy atom. The second-order valence-corrected chi connectivity index (χ2v) is 8.54. The Morgan fingerprint density at radius 3 is 2.53 bits per heavy atom. The summed E-state index contributed by atoms with van der Waals surface area (Å²) in [6.07, 6.45) is 1.79. The first-order chi connectivity index (χ1) is 14.4. The monoisotopic (exact) mass is 428 g/mol. The van der Waals surface area contributed by atoms with Gasteiger partial charge in [-0.2, -0.15) is 0 Å². The van der Waals surface area contributed by atoms with Crippen LogP contribution >= 0.6 is 0 Å². The van der Waals surface area contributed by atoms with Crippen molar-refractivity contribution in [3.8, 4) is 0 Å². The van der Waals surface area contributed by atoms with Crippen LogP contribution in [0.4, 0.5) is 5.69 Å². The zero-order chi connectivity index (χ0) is 21.6. The molecule has 2 amide bonds. The summed E-state index contributed by atoms with van der Waals surface area (Å²) in [5.74, 6) is -0.334. The minimum absolute atomic E-state index is 0.0243. The first kappa shape index (κ1) is 21.5. The van der Waals surface area contributed by atoms with Gasteiger partial charge in [-0.3, -0.25) is 19.3 Å². The maximum Gasteiger partial charge on any atom is 0.262 e. The van der Waals surface area contributed by atoms with Crippen LogP contribution in [0.25, 0.3) is 0 Å². The van der Waals surface area contributed by atoms with Crippen LogP contribution in [0.1, 0.15) is 36.5 Å². The lowest BCUT2D eigenvalue weighted by atomic mass is 10.1. The van der Waals surface area contributed by atoms with Gasteiger partial charge in [0.05, 0.1) is 4.90 Å². The standard InChI is InChI=1S/C21H24N4O4S/c1-2-18(24-20(26)15-8-4-3-5-9-15)21(27)23-16-10-6-11-17(14-16)30(28,29)25-19-12-7-13-22-19/h3-6,8-11,14,18H,2,7,12-13H2,1H3,(H,22,25)(H,23,27)(H,24,26). The molecule has 8 nitrogen and oxygen atoms in total. The van der Waals surface area contributed by atoms with Crippen LogP contribution in [0.3, 0.4) is 0 Å². The van der Waals surface area contributed by atoms with E-state index in [-0.39, 0.29) is 10.8 Å². The lowest BCUT2D eigenvalue weighted by molar-refractivity contribution is -0.118. The largest absolute Gasteiger partial charge is 0.340 e. The molecule has 2 aromatic rings. The van der Waals surface area contributed by atoms with Gasteiger partial charge in [-0.1, -0.05) is 31.2 Å². The van der Waals surface area contributed by atoms with Crippen LogP contribution in [0.5, 0.6) is 0 Å². The number of amidine groups is 1. The van der Waals surface area contributed by atoms with Crippen molar-refractivity contribution in [1.29, 1.82) is 0 Å². The highest BCUT2D eigenvalue weighted by atomic mass is 32.2. The van der Waals surface area contributed by atoms with Crippen molar-refractivity contribution in [3.05, 3.63) is 60.2 Å². The number of rotatable bonds is 7. The number of hydrogen-bond acceptors (Lipinski definition) is 5. The Labute approximate surface area is 175 Å². The molecule has 0 saturated heterocycles. The smallest absolute Gasteiger partial charge is 0.262 e. The Balaban J connectivity index is 1.68. The molecule has 0 aromatic heterocycles. The van der Waals surface area contributed by atoms with E-state index in [0.29, 0.717) is 36.5 Å². The van der Waals surface area contributed by atoms with Gasteiger partial charge in [-0.15, -0.1) is 0 Å². The van der Waals surface area contributed by atoms with Gasteiger partial charge in [-0.05, 0) is 43.2 Å². The maximum atomic E-state index is 12.6. The zero-order valence-corrected chi connectivity index (χ0v) is 17.4. The predicted octanol–water partition coefficient (Wildman–Crippen LogP) is 2.30. The van der Waals surface area contributed by atoms with E-state index in [0.717, 1.165) is 6.42 Å². The lowest BCUT2D eigenvalue weighted by Gasteiger charge is -2.17. The Hall–Kier alpha value is -3.20. The number of sulfonamides is 1. The Bertz CT molecular complexity index is 1050. The fraction of sp³-hybridized carbons (Fsp3) is 0.286. The van der Waals surface area contributed by atoms with E-state index in [9.17, 15) is 18.0 Å².